The van der Waals surface area contributed by atoms with Crippen molar-refractivity contribution in [3.05, 3.63) is 28.7 Å². The van der Waals surface area contributed by atoms with E-state index in [4.69, 9.17) is 10.5 Å². The van der Waals surface area contributed by atoms with Gasteiger partial charge in [-0.2, -0.15) is 0 Å². The van der Waals surface area contributed by atoms with Crippen molar-refractivity contribution in [1.82, 2.24) is 16.2 Å². The fourth-order valence-corrected chi connectivity index (χ4v) is 2.33. The molecule has 138 valence electrons. The zero-order valence-corrected chi connectivity index (χ0v) is 15.9. The molecule has 5 N–H and O–H groups in total. The van der Waals surface area contributed by atoms with Crippen LogP contribution in [0.1, 0.15) is 27.2 Å². The van der Waals surface area contributed by atoms with Gasteiger partial charge in [0.2, 0.25) is 0 Å². The minimum absolute atomic E-state index is 0.153. The lowest BCUT2D eigenvalue weighted by atomic mass is 9.99. The molecule has 0 unspecified atom stereocenters. The lowest BCUT2D eigenvalue weighted by molar-refractivity contribution is -0.133. The Kier molecular flexibility index (Phi) is 8.20. The number of carbonyl (C=O) groups excluding carboxylic acids is 3. The third-order valence-electron chi connectivity index (χ3n) is 3.58. The molecule has 0 fully saturated rings. The van der Waals surface area contributed by atoms with Crippen LogP contribution < -0.4 is 26.6 Å². The minimum atomic E-state index is -0.843. The molecule has 4 amide bonds. The van der Waals surface area contributed by atoms with E-state index in [1.165, 1.54) is 0 Å². The molecule has 0 radical (unpaired) electrons. The number of rotatable bonds is 7. The van der Waals surface area contributed by atoms with E-state index in [1.54, 1.807) is 32.0 Å². The van der Waals surface area contributed by atoms with Crippen molar-refractivity contribution in [2.75, 3.05) is 0 Å². The topological polar surface area (TPSA) is 123 Å². The van der Waals surface area contributed by atoms with Gasteiger partial charge in [0.25, 0.3) is 11.8 Å². The van der Waals surface area contributed by atoms with Gasteiger partial charge in [0, 0.05) is 4.47 Å². The van der Waals surface area contributed by atoms with E-state index in [2.05, 4.69) is 32.1 Å². The molecule has 1 aromatic carbocycles. The van der Waals surface area contributed by atoms with Crippen molar-refractivity contribution in [2.24, 2.45) is 11.7 Å². The number of nitrogens with two attached hydrogens (primary N) is 1. The summed E-state index contributed by atoms with van der Waals surface area (Å²) >= 11 is 3.31. The number of hydrazine groups is 1. The molecule has 0 aliphatic rings. The van der Waals surface area contributed by atoms with Crippen molar-refractivity contribution in [1.29, 1.82) is 0 Å². The first-order valence-corrected chi connectivity index (χ1v) is 8.61. The van der Waals surface area contributed by atoms with Crippen molar-refractivity contribution in [3.63, 3.8) is 0 Å². The Balaban J connectivity index is 2.57. The normalized spacial score (nSPS) is 13.9. The molecule has 9 heteroatoms. The van der Waals surface area contributed by atoms with Crippen LogP contribution in [0, 0.1) is 5.92 Å². The summed E-state index contributed by atoms with van der Waals surface area (Å²) in [6, 6.07) is 5.39. The number of hydrogen-bond acceptors (Lipinski definition) is 4. The maximum Gasteiger partial charge on any atom is 0.312 e. The van der Waals surface area contributed by atoms with Crippen molar-refractivity contribution < 1.29 is 19.1 Å². The first-order chi connectivity index (χ1) is 11.7. The monoisotopic (exact) mass is 414 g/mol. The number of halogens is 1. The zero-order valence-electron chi connectivity index (χ0n) is 14.3. The summed E-state index contributed by atoms with van der Waals surface area (Å²) in [7, 11) is 0. The van der Waals surface area contributed by atoms with Crippen LogP contribution in [0.3, 0.4) is 0 Å². The highest BCUT2D eigenvalue weighted by Crippen LogP contribution is 2.18. The predicted octanol–water partition coefficient (Wildman–Crippen LogP) is 1.45. The van der Waals surface area contributed by atoms with Gasteiger partial charge >= 0.3 is 6.03 Å². The highest BCUT2D eigenvalue weighted by atomic mass is 79.9. The highest BCUT2D eigenvalue weighted by molar-refractivity contribution is 9.10. The van der Waals surface area contributed by atoms with Gasteiger partial charge in [0.15, 0.2) is 6.10 Å². The van der Waals surface area contributed by atoms with Crippen LogP contribution in [0.4, 0.5) is 4.79 Å². The van der Waals surface area contributed by atoms with E-state index in [0.717, 1.165) is 4.47 Å². The summed E-state index contributed by atoms with van der Waals surface area (Å²) in [6.07, 6.45) is -0.185. The van der Waals surface area contributed by atoms with Gasteiger partial charge in [0.1, 0.15) is 11.8 Å². The smallest absolute Gasteiger partial charge is 0.312 e. The largest absolute Gasteiger partial charge is 0.481 e. The van der Waals surface area contributed by atoms with Crippen LogP contribution in [-0.4, -0.2) is 30.0 Å². The minimum Gasteiger partial charge on any atom is -0.481 e. The van der Waals surface area contributed by atoms with Crippen LogP contribution >= 0.6 is 15.9 Å². The van der Waals surface area contributed by atoms with Crippen molar-refractivity contribution in [3.8, 4) is 5.75 Å². The Hall–Kier alpha value is -2.29. The molecular formula is C16H23BrN4O4. The van der Waals surface area contributed by atoms with Gasteiger partial charge in [-0.05, 0) is 31.0 Å². The first-order valence-electron chi connectivity index (χ1n) is 7.82. The maximum absolute atomic E-state index is 12.2. The standard InChI is InChI=1S/C16H23BrN4O4/c1-4-9(2)13(19-16(18)24)15(23)21-20-14(22)10(3)25-12-7-5-6-11(17)8-12/h5-10,13H,4H2,1-3H3,(H,20,22)(H,21,23)(H3,18,19,24)/t9-,10+,13-/m0/s1. The van der Waals surface area contributed by atoms with Gasteiger partial charge in [-0.1, -0.05) is 42.3 Å². The lowest BCUT2D eigenvalue weighted by Crippen LogP contribution is -2.57. The SMILES string of the molecule is CC[C@H](C)[C@H](NC(N)=O)C(=O)NNC(=O)[C@@H](C)Oc1cccc(Br)c1. The third kappa shape index (κ3) is 7.00. The van der Waals surface area contributed by atoms with Gasteiger partial charge in [-0.15, -0.1) is 0 Å². The number of primary amides is 1. The number of urea groups is 1. The van der Waals surface area contributed by atoms with Crippen LogP contribution in [-0.2, 0) is 9.59 Å². The Morgan fingerprint density at radius 1 is 1.20 bits per heavy atom. The van der Waals surface area contributed by atoms with Crippen LogP contribution in [0.5, 0.6) is 5.75 Å². The molecule has 0 saturated heterocycles. The first kappa shape index (κ1) is 20.8. The van der Waals surface area contributed by atoms with Gasteiger partial charge in [-0.25, -0.2) is 4.79 Å². The Morgan fingerprint density at radius 3 is 2.40 bits per heavy atom. The molecule has 0 bridgehead atoms. The number of ether oxygens (including phenoxy) is 1. The molecule has 0 aromatic heterocycles. The Morgan fingerprint density at radius 2 is 1.84 bits per heavy atom. The zero-order chi connectivity index (χ0) is 19.0. The van der Waals surface area contributed by atoms with E-state index in [1.807, 2.05) is 13.0 Å². The molecule has 8 nitrogen and oxygen atoms in total. The summed E-state index contributed by atoms with van der Waals surface area (Å²) in [4.78, 5) is 35.2. The molecule has 0 aliphatic heterocycles. The van der Waals surface area contributed by atoms with E-state index >= 15 is 0 Å². The molecular weight excluding hydrogens is 392 g/mol. The number of amides is 4. The van der Waals surface area contributed by atoms with Gasteiger partial charge in [0.05, 0.1) is 0 Å². The third-order valence-corrected chi connectivity index (χ3v) is 4.07. The average molecular weight is 415 g/mol. The second kappa shape index (κ2) is 9.87. The molecule has 0 heterocycles. The highest BCUT2D eigenvalue weighted by Gasteiger charge is 2.26. The summed E-state index contributed by atoms with van der Waals surface area (Å²) in [5.74, 6) is -0.734. The van der Waals surface area contributed by atoms with E-state index in [-0.39, 0.29) is 5.92 Å². The van der Waals surface area contributed by atoms with Crippen LogP contribution in [0.25, 0.3) is 0 Å². The number of carbonyl (C=O) groups is 3. The van der Waals surface area contributed by atoms with E-state index in [9.17, 15) is 14.4 Å². The molecule has 25 heavy (non-hydrogen) atoms. The molecule has 3 atom stereocenters. The Labute approximate surface area is 155 Å². The second-order valence-electron chi connectivity index (χ2n) is 5.57. The molecule has 0 spiro atoms. The molecule has 0 aliphatic carbocycles. The fourth-order valence-electron chi connectivity index (χ4n) is 1.96. The van der Waals surface area contributed by atoms with E-state index in [0.29, 0.717) is 12.2 Å². The van der Waals surface area contributed by atoms with Crippen molar-refractivity contribution >= 4 is 33.8 Å². The fraction of sp³-hybridized carbons (Fsp3) is 0.438. The van der Waals surface area contributed by atoms with Gasteiger partial charge in [-0.3, -0.25) is 20.4 Å². The summed E-state index contributed by atoms with van der Waals surface area (Å²) in [6.45, 7) is 5.22. The summed E-state index contributed by atoms with van der Waals surface area (Å²) < 4.78 is 6.32. The number of benzene rings is 1. The summed E-state index contributed by atoms with van der Waals surface area (Å²) in [5.41, 5.74) is 9.65. The van der Waals surface area contributed by atoms with E-state index < -0.39 is 30.0 Å². The number of hydrogen-bond donors (Lipinski definition) is 4. The predicted molar refractivity (Wildman–Crippen MR) is 96.5 cm³/mol. The molecule has 1 rings (SSSR count). The summed E-state index contributed by atoms with van der Waals surface area (Å²) in [5, 5.41) is 2.37. The molecule has 0 saturated carbocycles. The van der Waals surface area contributed by atoms with Crippen LogP contribution in [0.15, 0.2) is 28.7 Å². The second-order valence-corrected chi connectivity index (χ2v) is 6.48. The lowest BCUT2D eigenvalue weighted by Gasteiger charge is -2.23. The number of nitrogens with one attached hydrogen (secondary N) is 3. The Bertz CT molecular complexity index is 626. The van der Waals surface area contributed by atoms with Gasteiger partial charge < -0.3 is 15.8 Å². The quantitative estimate of drug-likeness (QED) is 0.504. The maximum atomic E-state index is 12.2. The van der Waals surface area contributed by atoms with Crippen molar-refractivity contribution in [2.45, 2.75) is 39.3 Å². The molecule has 1 aromatic rings. The van der Waals surface area contributed by atoms with Crippen LogP contribution in [0.2, 0.25) is 0 Å². The average Bonchev–Trinajstić information content (AvgIpc) is 2.56.